The number of nitrogens with one attached hydrogen (secondary N) is 1. The molecule has 2 aromatic heterocycles. The molecule has 7 nitrogen and oxygen atoms in total. The lowest BCUT2D eigenvalue weighted by Crippen LogP contribution is -2.40. The standard InChI is InChI=1S/C16H21N5O2/c1-11(2)19-15(22)10-20(4)16(23)13-9-18-21(12(13)3)14-7-5-6-8-17-14/h5-9,11H,10H2,1-4H3,(H,19,22). The molecule has 1 N–H and O–H groups in total. The lowest BCUT2D eigenvalue weighted by atomic mass is 10.2. The van der Waals surface area contributed by atoms with Crippen molar-refractivity contribution in [2.24, 2.45) is 0 Å². The lowest BCUT2D eigenvalue weighted by Gasteiger charge is -2.17. The number of nitrogens with zero attached hydrogens (tertiary/aromatic N) is 4. The van der Waals surface area contributed by atoms with E-state index in [0.29, 0.717) is 17.1 Å². The van der Waals surface area contributed by atoms with Crippen molar-refractivity contribution in [1.29, 1.82) is 0 Å². The summed E-state index contributed by atoms with van der Waals surface area (Å²) in [6.07, 6.45) is 3.17. The molecule has 0 atom stereocenters. The second-order valence-corrected chi connectivity index (χ2v) is 5.63. The van der Waals surface area contributed by atoms with Gasteiger partial charge in [-0.25, -0.2) is 9.67 Å². The summed E-state index contributed by atoms with van der Waals surface area (Å²) in [5.41, 5.74) is 1.14. The molecule has 0 saturated heterocycles. The van der Waals surface area contributed by atoms with Crippen LogP contribution in [0.5, 0.6) is 0 Å². The van der Waals surface area contributed by atoms with Gasteiger partial charge in [0.1, 0.15) is 0 Å². The Morgan fingerprint density at radius 2 is 2.09 bits per heavy atom. The number of pyridine rings is 1. The number of aromatic nitrogens is 3. The molecule has 2 heterocycles. The lowest BCUT2D eigenvalue weighted by molar-refractivity contribution is -0.122. The highest BCUT2D eigenvalue weighted by atomic mass is 16.2. The van der Waals surface area contributed by atoms with Crippen molar-refractivity contribution in [1.82, 2.24) is 25.0 Å². The maximum absolute atomic E-state index is 12.5. The Labute approximate surface area is 135 Å². The summed E-state index contributed by atoms with van der Waals surface area (Å²) in [7, 11) is 1.60. The Balaban J connectivity index is 2.14. The molecule has 2 amide bonds. The fourth-order valence-electron chi connectivity index (χ4n) is 2.19. The summed E-state index contributed by atoms with van der Waals surface area (Å²) in [6, 6.07) is 5.52. The smallest absolute Gasteiger partial charge is 0.257 e. The van der Waals surface area contributed by atoms with Crippen LogP contribution in [0.15, 0.2) is 30.6 Å². The molecule has 0 saturated carbocycles. The van der Waals surface area contributed by atoms with Gasteiger partial charge in [0.05, 0.1) is 24.0 Å². The molecule has 122 valence electrons. The molecule has 0 unspecified atom stereocenters. The van der Waals surface area contributed by atoms with Crippen LogP contribution in [0, 0.1) is 6.92 Å². The fraction of sp³-hybridized carbons (Fsp3) is 0.375. The zero-order chi connectivity index (χ0) is 17.0. The number of carbonyl (C=O) groups excluding carboxylic acids is 2. The summed E-state index contributed by atoms with van der Waals surface area (Å²) in [6.45, 7) is 5.56. The number of likely N-dealkylation sites (N-methyl/N-ethyl adjacent to an activating group) is 1. The van der Waals surface area contributed by atoms with E-state index in [0.717, 1.165) is 0 Å². The van der Waals surface area contributed by atoms with Crippen LogP contribution in [-0.2, 0) is 4.79 Å². The highest BCUT2D eigenvalue weighted by Crippen LogP contribution is 2.13. The topological polar surface area (TPSA) is 80.1 Å². The molecule has 0 aliphatic heterocycles. The van der Waals surface area contributed by atoms with Crippen LogP contribution < -0.4 is 5.32 Å². The molecule has 2 rings (SSSR count). The third-order valence-corrected chi connectivity index (χ3v) is 3.28. The number of amides is 2. The van der Waals surface area contributed by atoms with E-state index >= 15 is 0 Å². The van der Waals surface area contributed by atoms with E-state index in [2.05, 4.69) is 15.4 Å². The van der Waals surface area contributed by atoms with Crippen LogP contribution in [0.25, 0.3) is 5.82 Å². The van der Waals surface area contributed by atoms with E-state index in [-0.39, 0.29) is 24.4 Å². The normalized spacial score (nSPS) is 10.7. The van der Waals surface area contributed by atoms with E-state index in [1.54, 1.807) is 24.9 Å². The van der Waals surface area contributed by atoms with E-state index in [1.807, 2.05) is 32.0 Å². The van der Waals surface area contributed by atoms with Crippen LogP contribution in [0.2, 0.25) is 0 Å². The van der Waals surface area contributed by atoms with Crippen molar-refractivity contribution in [3.8, 4) is 5.82 Å². The van der Waals surface area contributed by atoms with E-state index in [9.17, 15) is 9.59 Å². The zero-order valence-corrected chi connectivity index (χ0v) is 13.8. The minimum absolute atomic E-state index is 0.00518. The maximum Gasteiger partial charge on any atom is 0.257 e. The van der Waals surface area contributed by atoms with Gasteiger partial charge in [0.2, 0.25) is 5.91 Å². The van der Waals surface area contributed by atoms with Gasteiger partial charge in [0, 0.05) is 19.3 Å². The van der Waals surface area contributed by atoms with Crippen LogP contribution in [-0.4, -0.2) is 51.1 Å². The van der Waals surface area contributed by atoms with Crippen molar-refractivity contribution in [2.75, 3.05) is 13.6 Å². The van der Waals surface area contributed by atoms with E-state index in [1.165, 1.54) is 11.1 Å². The Kier molecular flexibility index (Phi) is 5.10. The molecular weight excluding hydrogens is 294 g/mol. The van der Waals surface area contributed by atoms with Crippen LogP contribution in [0.1, 0.15) is 29.9 Å². The van der Waals surface area contributed by atoms with Gasteiger partial charge in [-0.2, -0.15) is 5.10 Å². The molecule has 23 heavy (non-hydrogen) atoms. The van der Waals surface area contributed by atoms with Gasteiger partial charge >= 0.3 is 0 Å². The zero-order valence-electron chi connectivity index (χ0n) is 13.8. The number of hydrogen-bond donors (Lipinski definition) is 1. The summed E-state index contributed by atoms with van der Waals surface area (Å²) >= 11 is 0. The average Bonchev–Trinajstić information content (AvgIpc) is 2.88. The molecular formula is C16H21N5O2. The van der Waals surface area contributed by atoms with Crippen molar-refractivity contribution >= 4 is 11.8 Å². The average molecular weight is 315 g/mol. The van der Waals surface area contributed by atoms with Crippen molar-refractivity contribution in [2.45, 2.75) is 26.8 Å². The molecule has 0 radical (unpaired) electrons. The monoisotopic (exact) mass is 315 g/mol. The molecule has 0 fully saturated rings. The molecule has 0 spiro atoms. The van der Waals surface area contributed by atoms with Gasteiger partial charge < -0.3 is 10.2 Å². The summed E-state index contributed by atoms with van der Waals surface area (Å²) in [4.78, 5) is 29.9. The Morgan fingerprint density at radius 3 is 2.70 bits per heavy atom. The highest BCUT2D eigenvalue weighted by Gasteiger charge is 2.20. The Hall–Kier alpha value is -2.70. The fourth-order valence-corrected chi connectivity index (χ4v) is 2.19. The van der Waals surface area contributed by atoms with Gasteiger partial charge in [-0.05, 0) is 32.9 Å². The quantitative estimate of drug-likeness (QED) is 0.898. The largest absolute Gasteiger partial charge is 0.352 e. The highest BCUT2D eigenvalue weighted by molar-refractivity contribution is 5.97. The number of carbonyl (C=O) groups is 2. The van der Waals surface area contributed by atoms with Gasteiger partial charge in [-0.3, -0.25) is 9.59 Å². The minimum Gasteiger partial charge on any atom is -0.352 e. The van der Waals surface area contributed by atoms with Crippen LogP contribution in [0.4, 0.5) is 0 Å². The van der Waals surface area contributed by atoms with Gasteiger partial charge in [0.15, 0.2) is 5.82 Å². The summed E-state index contributed by atoms with van der Waals surface area (Å²) < 4.78 is 1.61. The first-order valence-corrected chi connectivity index (χ1v) is 7.41. The second-order valence-electron chi connectivity index (χ2n) is 5.63. The van der Waals surface area contributed by atoms with Crippen molar-refractivity contribution in [3.63, 3.8) is 0 Å². The molecule has 0 aromatic carbocycles. The predicted molar refractivity (Wildman–Crippen MR) is 86.3 cm³/mol. The van der Waals surface area contributed by atoms with Gasteiger partial charge in [-0.1, -0.05) is 6.07 Å². The van der Waals surface area contributed by atoms with Gasteiger partial charge in [-0.15, -0.1) is 0 Å². The van der Waals surface area contributed by atoms with Crippen molar-refractivity contribution in [3.05, 3.63) is 41.9 Å². The van der Waals surface area contributed by atoms with Gasteiger partial charge in [0.25, 0.3) is 5.91 Å². The van der Waals surface area contributed by atoms with Crippen LogP contribution in [0.3, 0.4) is 0 Å². The minimum atomic E-state index is -0.247. The Morgan fingerprint density at radius 1 is 1.35 bits per heavy atom. The first-order chi connectivity index (χ1) is 10.9. The SMILES string of the molecule is Cc1c(C(=O)N(C)CC(=O)NC(C)C)cnn1-c1ccccn1. The summed E-state index contributed by atoms with van der Waals surface area (Å²) in [5.74, 6) is 0.207. The number of rotatable bonds is 5. The van der Waals surface area contributed by atoms with Crippen LogP contribution >= 0.6 is 0 Å². The third-order valence-electron chi connectivity index (χ3n) is 3.28. The third kappa shape index (κ3) is 3.94. The molecule has 0 aliphatic rings. The van der Waals surface area contributed by atoms with E-state index in [4.69, 9.17) is 0 Å². The summed E-state index contributed by atoms with van der Waals surface area (Å²) in [5, 5.41) is 6.99. The predicted octanol–water partition coefficient (Wildman–Crippen LogP) is 1.17. The second kappa shape index (κ2) is 7.04. The number of hydrogen-bond acceptors (Lipinski definition) is 4. The molecule has 2 aromatic rings. The maximum atomic E-state index is 12.5. The molecule has 0 aliphatic carbocycles. The first kappa shape index (κ1) is 16.7. The molecule has 7 heteroatoms. The Bertz CT molecular complexity index is 694. The van der Waals surface area contributed by atoms with E-state index < -0.39 is 0 Å². The van der Waals surface area contributed by atoms with Crippen molar-refractivity contribution < 1.29 is 9.59 Å². The molecule has 0 bridgehead atoms. The first-order valence-electron chi connectivity index (χ1n) is 7.41.